The number of carbonyl (C=O) groups is 2. The number of carbonyl (C=O) groups excluding carboxylic acids is 1. The number of carboxylic acid groups (broad SMARTS) is 1. The van der Waals surface area contributed by atoms with Crippen LogP contribution in [0.2, 0.25) is 0 Å². The molecule has 3 heteroatoms. The molecule has 0 aromatic rings. The lowest BCUT2D eigenvalue weighted by Crippen LogP contribution is -2.50. The van der Waals surface area contributed by atoms with Crippen LogP contribution in [0.3, 0.4) is 0 Å². The maximum Gasteiger partial charge on any atom is 0.303 e. The summed E-state index contributed by atoms with van der Waals surface area (Å²) in [5.74, 6) is 2.79. The second-order valence-corrected chi connectivity index (χ2v) is 10.1. The van der Waals surface area contributed by atoms with E-state index in [-0.39, 0.29) is 12.8 Å². The Hall–Kier alpha value is -1.12. The van der Waals surface area contributed by atoms with E-state index in [0.717, 1.165) is 49.9 Å². The van der Waals surface area contributed by atoms with Gasteiger partial charge in [0.25, 0.3) is 0 Å². The normalized spacial score (nSPS) is 43.0. The fourth-order valence-electron chi connectivity index (χ4n) is 7.64. The SMILES string of the molecule is C.CC12CCC(=O)C=C1CCC1C2CCC2(C)C(CCCC(=O)O)CCC12. The number of carboxylic acids is 1. The number of allylic oxidation sites excluding steroid dienone is 1. The van der Waals surface area contributed by atoms with Gasteiger partial charge in [0, 0.05) is 12.8 Å². The summed E-state index contributed by atoms with van der Waals surface area (Å²) in [5, 5.41) is 8.97. The van der Waals surface area contributed by atoms with Gasteiger partial charge in [-0.1, -0.05) is 26.8 Å². The first-order chi connectivity index (χ1) is 12.3. The molecule has 4 aliphatic carbocycles. The topological polar surface area (TPSA) is 54.4 Å². The summed E-state index contributed by atoms with van der Waals surface area (Å²) in [6.45, 7) is 4.97. The minimum atomic E-state index is -0.653. The average Bonchev–Trinajstić information content (AvgIpc) is 2.92. The highest BCUT2D eigenvalue weighted by atomic mass is 16.4. The standard InChI is InChI=1S/C23H34O3.CH4/c1-22-13-11-20-18(8-6-16-14-17(24)10-12-23(16,20)2)19(22)9-7-15(22)4-3-5-21(25)26;/h14-15,18-20H,3-13H2,1-2H3,(H,25,26);1H4. The molecule has 152 valence electrons. The van der Waals surface area contributed by atoms with Gasteiger partial charge in [-0.3, -0.25) is 9.59 Å². The number of fused-ring (bicyclic) bond motifs is 5. The minimum Gasteiger partial charge on any atom is -0.481 e. The van der Waals surface area contributed by atoms with E-state index in [1.807, 2.05) is 6.08 Å². The molecule has 3 saturated carbocycles. The molecule has 1 N–H and O–H groups in total. The molecule has 6 atom stereocenters. The molecule has 3 nitrogen and oxygen atoms in total. The smallest absolute Gasteiger partial charge is 0.303 e. The lowest BCUT2D eigenvalue weighted by molar-refractivity contribution is -0.137. The highest BCUT2D eigenvalue weighted by molar-refractivity contribution is 5.91. The van der Waals surface area contributed by atoms with Crippen molar-refractivity contribution in [2.75, 3.05) is 0 Å². The van der Waals surface area contributed by atoms with Crippen LogP contribution >= 0.6 is 0 Å². The molecule has 6 unspecified atom stereocenters. The zero-order chi connectivity index (χ0) is 18.5. The number of ketones is 1. The van der Waals surface area contributed by atoms with Crippen LogP contribution in [0, 0.1) is 34.5 Å². The Morgan fingerprint density at radius 3 is 2.63 bits per heavy atom. The lowest BCUT2D eigenvalue weighted by Gasteiger charge is -2.58. The lowest BCUT2D eigenvalue weighted by atomic mass is 9.46. The summed E-state index contributed by atoms with van der Waals surface area (Å²) in [7, 11) is 0. The van der Waals surface area contributed by atoms with Gasteiger partial charge >= 0.3 is 5.97 Å². The van der Waals surface area contributed by atoms with E-state index in [1.165, 1.54) is 37.7 Å². The molecule has 0 amide bonds. The largest absolute Gasteiger partial charge is 0.481 e. The predicted molar refractivity (Wildman–Crippen MR) is 108 cm³/mol. The maximum absolute atomic E-state index is 11.9. The summed E-state index contributed by atoms with van der Waals surface area (Å²) in [6, 6.07) is 0. The Morgan fingerprint density at radius 2 is 1.89 bits per heavy atom. The molecule has 0 bridgehead atoms. The Morgan fingerprint density at radius 1 is 1.11 bits per heavy atom. The molecule has 0 heterocycles. The van der Waals surface area contributed by atoms with Gasteiger partial charge in [0.05, 0.1) is 0 Å². The molecule has 27 heavy (non-hydrogen) atoms. The third-order valence-corrected chi connectivity index (χ3v) is 9.10. The fraction of sp³-hybridized carbons (Fsp3) is 0.833. The van der Waals surface area contributed by atoms with Crippen molar-refractivity contribution in [1.29, 1.82) is 0 Å². The van der Waals surface area contributed by atoms with Gasteiger partial charge < -0.3 is 5.11 Å². The van der Waals surface area contributed by atoms with Crippen molar-refractivity contribution in [3.05, 3.63) is 11.6 Å². The first kappa shape index (κ1) is 20.6. The second kappa shape index (κ2) is 7.37. The van der Waals surface area contributed by atoms with Gasteiger partial charge in [0.1, 0.15) is 0 Å². The zero-order valence-corrected chi connectivity index (χ0v) is 16.4. The van der Waals surface area contributed by atoms with Crippen LogP contribution in [0.5, 0.6) is 0 Å². The molecule has 4 aliphatic rings. The van der Waals surface area contributed by atoms with Crippen molar-refractivity contribution in [1.82, 2.24) is 0 Å². The molecular weight excluding hydrogens is 336 g/mol. The molecule has 0 aliphatic heterocycles. The van der Waals surface area contributed by atoms with Gasteiger partial charge in [-0.2, -0.15) is 0 Å². The van der Waals surface area contributed by atoms with E-state index in [9.17, 15) is 9.59 Å². The third kappa shape index (κ3) is 3.29. The van der Waals surface area contributed by atoms with Gasteiger partial charge in [0.15, 0.2) is 5.78 Å². The second-order valence-electron chi connectivity index (χ2n) is 10.1. The first-order valence-corrected chi connectivity index (χ1v) is 10.8. The van der Waals surface area contributed by atoms with E-state index in [0.29, 0.717) is 23.5 Å². The zero-order valence-electron chi connectivity index (χ0n) is 16.4. The third-order valence-electron chi connectivity index (χ3n) is 9.10. The van der Waals surface area contributed by atoms with Crippen molar-refractivity contribution in [3.63, 3.8) is 0 Å². The van der Waals surface area contributed by atoms with Gasteiger partial charge in [-0.15, -0.1) is 0 Å². The first-order valence-electron chi connectivity index (χ1n) is 10.8. The van der Waals surface area contributed by atoms with E-state index in [4.69, 9.17) is 5.11 Å². The van der Waals surface area contributed by atoms with Crippen molar-refractivity contribution in [2.45, 2.75) is 91.9 Å². The van der Waals surface area contributed by atoms with E-state index in [2.05, 4.69) is 13.8 Å². The van der Waals surface area contributed by atoms with E-state index < -0.39 is 5.97 Å². The van der Waals surface area contributed by atoms with Crippen LogP contribution in [0.4, 0.5) is 0 Å². The molecule has 0 aromatic heterocycles. The molecule has 0 aromatic carbocycles. The van der Waals surface area contributed by atoms with Crippen LogP contribution in [0.25, 0.3) is 0 Å². The number of hydrogen-bond acceptors (Lipinski definition) is 2. The quantitative estimate of drug-likeness (QED) is 0.654. The predicted octanol–water partition coefficient (Wildman–Crippen LogP) is 6.03. The van der Waals surface area contributed by atoms with E-state index in [1.54, 1.807) is 0 Å². The number of hydrogen-bond donors (Lipinski definition) is 1. The summed E-state index contributed by atoms with van der Waals surface area (Å²) < 4.78 is 0. The summed E-state index contributed by atoms with van der Waals surface area (Å²) in [5.41, 5.74) is 2.14. The maximum atomic E-state index is 11.9. The molecule has 0 radical (unpaired) electrons. The van der Waals surface area contributed by atoms with Crippen LogP contribution in [-0.2, 0) is 9.59 Å². The summed E-state index contributed by atoms with van der Waals surface area (Å²) >= 11 is 0. The van der Waals surface area contributed by atoms with Crippen LogP contribution < -0.4 is 0 Å². The number of rotatable bonds is 4. The molecule has 0 spiro atoms. The molecular formula is C24H38O3. The van der Waals surface area contributed by atoms with Crippen LogP contribution in [0.1, 0.15) is 91.9 Å². The molecule has 0 saturated heterocycles. The highest BCUT2D eigenvalue weighted by Gasteiger charge is 2.58. The molecule has 3 fully saturated rings. The van der Waals surface area contributed by atoms with Gasteiger partial charge in [-0.05, 0) is 98.4 Å². The number of aliphatic carboxylic acids is 1. The summed E-state index contributed by atoms with van der Waals surface area (Å²) in [6.07, 6.45) is 13.7. The van der Waals surface area contributed by atoms with Crippen molar-refractivity contribution in [3.8, 4) is 0 Å². The van der Waals surface area contributed by atoms with Crippen molar-refractivity contribution in [2.24, 2.45) is 34.5 Å². The Balaban J connectivity index is 0.00000210. The Kier molecular flexibility index (Phi) is 5.62. The summed E-state index contributed by atoms with van der Waals surface area (Å²) in [4.78, 5) is 22.8. The van der Waals surface area contributed by atoms with Crippen molar-refractivity contribution < 1.29 is 14.7 Å². The molecule has 4 rings (SSSR count). The highest BCUT2D eigenvalue weighted by Crippen LogP contribution is 2.67. The Labute approximate surface area is 165 Å². The Bertz CT molecular complexity index is 636. The van der Waals surface area contributed by atoms with Crippen LogP contribution in [-0.4, -0.2) is 16.9 Å². The van der Waals surface area contributed by atoms with Gasteiger partial charge in [0.2, 0.25) is 0 Å². The minimum absolute atomic E-state index is 0. The monoisotopic (exact) mass is 374 g/mol. The van der Waals surface area contributed by atoms with Gasteiger partial charge in [-0.25, -0.2) is 0 Å². The van der Waals surface area contributed by atoms with Crippen molar-refractivity contribution >= 4 is 11.8 Å². The fourth-order valence-corrected chi connectivity index (χ4v) is 7.64. The van der Waals surface area contributed by atoms with E-state index >= 15 is 0 Å². The van der Waals surface area contributed by atoms with Crippen LogP contribution in [0.15, 0.2) is 11.6 Å². The average molecular weight is 375 g/mol.